The van der Waals surface area contributed by atoms with E-state index in [2.05, 4.69) is 35.6 Å². The fourth-order valence-electron chi connectivity index (χ4n) is 2.47. The maximum atomic E-state index is 5.81. The summed E-state index contributed by atoms with van der Waals surface area (Å²) < 4.78 is 10.9. The van der Waals surface area contributed by atoms with Crippen LogP contribution in [-0.2, 0) is 15.9 Å². The van der Waals surface area contributed by atoms with Crippen molar-refractivity contribution in [3.8, 4) is 0 Å². The van der Waals surface area contributed by atoms with Crippen LogP contribution in [0, 0.1) is 0 Å². The molecule has 100 valence electrons. The molecule has 1 N–H and O–H groups in total. The van der Waals surface area contributed by atoms with E-state index in [4.69, 9.17) is 9.47 Å². The summed E-state index contributed by atoms with van der Waals surface area (Å²) in [7, 11) is 1.74. The second-order valence-electron chi connectivity index (χ2n) is 4.79. The highest BCUT2D eigenvalue weighted by Gasteiger charge is 2.25. The molecule has 1 aliphatic rings. The Balaban J connectivity index is 1.90. The normalized spacial score (nSPS) is 21.1. The van der Waals surface area contributed by atoms with E-state index in [1.165, 1.54) is 12.0 Å². The molecule has 0 aromatic heterocycles. The van der Waals surface area contributed by atoms with Crippen molar-refractivity contribution >= 4 is 0 Å². The van der Waals surface area contributed by atoms with E-state index in [-0.39, 0.29) is 0 Å². The van der Waals surface area contributed by atoms with Crippen molar-refractivity contribution in [3.63, 3.8) is 0 Å². The van der Waals surface area contributed by atoms with E-state index in [9.17, 15) is 0 Å². The largest absolute Gasteiger partial charge is 0.383 e. The topological polar surface area (TPSA) is 30.5 Å². The lowest BCUT2D eigenvalue weighted by molar-refractivity contribution is 0.0750. The van der Waals surface area contributed by atoms with Gasteiger partial charge in [0.05, 0.1) is 12.7 Å². The first-order valence-corrected chi connectivity index (χ1v) is 6.78. The summed E-state index contributed by atoms with van der Waals surface area (Å²) in [6, 6.07) is 11.0. The monoisotopic (exact) mass is 249 g/mol. The predicted molar refractivity (Wildman–Crippen MR) is 72.8 cm³/mol. The van der Waals surface area contributed by atoms with Crippen molar-refractivity contribution in [3.05, 3.63) is 35.9 Å². The van der Waals surface area contributed by atoms with Crippen LogP contribution in [-0.4, -0.2) is 39.0 Å². The van der Waals surface area contributed by atoms with Crippen LogP contribution in [0.15, 0.2) is 30.3 Å². The summed E-state index contributed by atoms with van der Waals surface area (Å²) in [5.41, 5.74) is 1.36. The van der Waals surface area contributed by atoms with Gasteiger partial charge in [-0.3, -0.25) is 0 Å². The minimum absolute atomic E-state index is 0.349. The fraction of sp³-hybridized carbons (Fsp3) is 0.600. The van der Waals surface area contributed by atoms with Gasteiger partial charge in [-0.2, -0.15) is 0 Å². The van der Waals surface area contributed by atoms with Crippen LogP contribution in [0.4, 0.5) is 0 Å². The first-order valence-electron chi connectivity index (χ1n) is 6.78. The van der Waals surface area contributed by atoms with E-state index >= 15 is 0 Å². The highest BCUT2D eigenvalue weighted by molar-refractivity contribution is 5.16. The van der Waals surface area contributed by atoms with E-state index in [1.807, 2.05) is 0 Å². The Hall–Kier alpha value is -0.900. The lowest BCUT2D eigenvalue weighted by atomic mass is 9.99. The molecule has 0 radical (unpaired) electrons. The fourth-order valence-corrected chi connectivity index (χ4v) is 2.47. The second kappa shape index (κ2) is 7.52. The molecule has 3 nitrogen and oxygen atoms in total. The summed E-state index contributed by atoms with van der Waals surface area (Å²) in [5.74, 6) is 0. The zero-order chi connectivity index (χ0) is 12.6. The van der Waals surface area contributed by atoms with Gasteiger partial charge in [0, 0.05) is 26.3 Å². The minimum atomic E-state index is 0.349. The molecule has 2 atom stereocenters. The van der Waals surface area contributed by atoms with Gasteiger partial charge in [0.2, 0.25) is 0 Å². The first-order chi connectivity index (χ1) is 8.90. The molecular weight excluding hydrogens is 226 g/mol. The standard InChI is InChI=1S/C15H23NO2/c1-17-11-9-16-14(15-8-5-10-18-15)12-13-6-3-2-4-7-13/h2-4,6-7,14-16H,5,8-12H2,1H3/t14-,15-/m0/s1. The summed E-state index contributed by atoms with van der Waals surface area (Å²) in [5, 5.41) is 3.56. The molecule has 1 aromatic rings. The van der Waals surface area contributed by atoms with Gasteiger partial charge in [-0.25, -0.2) is 0 Å². The molecule has 18 heavy (non-hydrogen) atoms. The van der Waals surface area contributed by atoms with Crippen molar-refractivity contribution in [2.24, 2.45) is 0 Å². The Bertz CT molecular complexity index is 323. The Labute approximate surface area is 109 Å². The molecule has 1 aromatic carbocycles. The number of rotatable bonds is 7. The third kappa shape index (κ3) is 4.09. The van der Waals surface area contributed by atoms with Gasteiger partial charge in [0.25, 0.3) is 0 Å². The highest BCUT2D eigenvalue weighted by Crippen LogP contribution is 2.18. The van der Waals surface area contributed by atoms with Crippen LogP contribution in [0.2, 0.25) is 0 Å². The average molecular weight is 249 g/mol. The van der Waals surface area contributed by atoms with E-state index in [0.717, 1.165) is 32.6 Å². The summed E-state index contributed by atoms with van der Waals surface area (Å²) in [6.45, 7) is 2.54. The number of nitrogens with one attached hydrogen (secondary N) is 1. The van der Waals surface area contributed by atoms with Gasteiger partial charge in [-0.1, -0.05) is 30.3 Å². The van der Waals surface area contributed by atoms with Gasteiger partial charge < -0.3 is 14.8 Å². The molecule has 1 aliphatic heterocycles. The van der Waals surface area contributed by atoms with Gasteiger partial charge in [0.15, 0.2) is 0 Å². The van der Waals surface area contributed by atoms with Gasteiger partial charge in [-0.05, 0) is 24.8 Å². The molecule has 0 amide bonds. The zero-order valence-electron chi connectivity index (χ0n) is 11.1. The smallest absolute Gasteiger partial charge is 0.0732 e. The maximum Gasteiger partial charge on any atom is 0.0732 e. The zero-order valence-corrected chi connectivity index (χ0v) is 11.1. The van der Waals surface area contributed by atoms with Crippen molar-refractivity contribution in [2.75, 3.05) is 26.9 Å². The van der Waals surface area contributed by atoms with Crippen LogP contribution in [0.25, 0.3) is 0 Å². The average Bonchev–Trinajstić information content (AvgIpc) is 2.93. The summed E-state index contributed by atoms with van der Waals surface area (Å²) in [6.07, 6.45) is 3.72. The molecular formula is C15H23NO2. The number of hydrogen-bond acceptors (Lipinski definition) is 3. The van der Waals surface area contributed by atoms with Gasteiger partial charge in [-0.15, -0.1) is 0 Å². The first kappa shape index (κ1) is 13.5. The molecule has 3 heteroatoms. The van der Waals surface area contributed by atoms with Crippen molar-refractivity contribution in [2.45, 2.75) is 31.4 Å². The van der Waals surface area contributed by atoms with Crippen molar-refractivity contribution < 1.29 is 9.47 Å². The second-order valence-corrected chi connectivity index (χ2v) is 4.79. The van der Waals surface area contributed by atoms with Gasteiger partial charge in [0.1, 0.15) is 0 Å². The molecule has 0 unspecified atom stereocenters. The Morgan fingerprint density at radius 2 is 2.22 bits per heavy atom. The lowest BCUT2D eigenvalue weighted by Crippen LogP contribution is -2.42. The Kier molecular flexibility index (Phi) is 5.65. The molecule has 1 saturated heterocycles. The summed E-state index contributed by atoms with van der Waals surface area (Å²) in [4.78, 5) is 0. The van der Waals surface area contributed by atoms with Crippen LogP contribution in [0.3, 0.4) is 0 Å². The molecule has 2 rings (SSSR count). The number of benzene rings is 1. The van der Waals surface area contributed by atoms with Crippen molar-refractivity contribution in [1.82, 2.24) is 5.32 Å². The quantitative estimate of drug-likeness (QED) is 0.750. The van der Waals surface area contributed by atoms with Crippen LogP contribution < -0.4 is 5.32 Å². The summed E-state index contributed by atoms with van der Waals surface area (Å²) >= 11 is 0. The third-order valence-electron chi connectivity index (χ3n) is 3.42. The van der Waals surface area contributed by atoms with E-state index in [1.54, 1.807) is 7.11 Å². The molecule has 0 aliphatic carbocycles. The molecule has 0 bridgehead atoms. The van der Waals surface area contributed by atoms with Crippen molar-refractivity contribution in [1.29, 1.82) is 0 Å². The van der Waals surface area contributed by atoms with Crippen LogP contribution in [0.5, 0.6) is 0 Å². The maximum absolute atomic E-state index is 5.81. The number of methoxy groups -OCH3 is 1. The van der Waals surface area contributed by atoms with Crippen LogP contribution >= 0.6 is 0 Å². The molecule has 0 saturated carbocycles. The number of ether oxygens (including phenoxy) is 2. The van der Waals surface area contributed by atoms with E-state index in [0.29, 0.717) is 12.1 Å². The molecule has 0 spiro atoms. The molecule has 1 fully saturated rings. The van der Waals surface area contributed by atoms with E-state index < -0.39 is 0 Å². The SMILES string of the molecule is COCCN[C@@H](Cc1ccccc1)[C@@H]1CCCO1. The Morgan fingerprint density at radius 1 is 1.39 bits per heavy atom. The Morgan fingerprint density at radius 3 is 2.89 bits per heavy atom. The number of hydrogen-bond donors (Lipinski definition) is 1. The van der Waals surface area contributed by atoms with Crippen LogP contribution in [0.1, 0.15) is 18.4 Å². The predicted octanol–water partition coefficient (Wildman–Crippen LogP) is 2.01. The highest BCUT2D eigenvalue weighted by atomic mass is 16.5. The van der Waals surface area contributed by atoms with Gasteiger partial charge >= 0.3 is 0 Å². The minimum Gasteiger partial charge on any atom is -0.383 e. The third-order valence-corrected chi connectivity index (χ3v) is 3.42. The molecule has 1 heterocycles. The lowest BCUT2D eigenvalue weighted by Gasteiger charge is -2.24.